The third-order valence-corrected chi connectivity index (χ3v) is 4.79. The Labute approximate surface area is 132 Å². The zero-order chi connectivity index (χ0) is 15.0. The SMILES string of the molecule is CC1(C)CNC(=O)c2ccc(NCc3cnc(Cl)s3)cc21. The molecular weight excluding hydrogens is 306 g/mol. The maximum absolute atomic E-state index is 11.9. The van der Waals surface area contributed by atoms with E-state index >= 15 is 0 Å². The lowest BCUT2D eigenvalue weighted by atomic mass is 9.79. The third-order valence-electron chi connectivity index (χ3n) is 3.68. The van der Waals surface area contributed by atoms with E-state index < -0.39 is 0 Å². The first-order chi connectivity index (χ1) is 9.95. The van der Waals surface area contributed by atoms with Crippen molar-refractivity contribution < 1.29 is 4.79 Å². The molecule has 0 saturated heterocycles. The summed E-state index contributed by atoms with van der Waals surface area (Å²) in [5.41, 5.74) is 2.78. The fourth-order valence-corrected chi connectivity index (χ4v) is 3.38. The Morgan fingerprint density at radius 1 is 1.48 bits per heavy atom. The zero-order valence-corrected chi connectivity index (χ0v) is 13.4. The number of thiazole rings is 1. The van der Waals surface area contributed by atoms with Gasteiger partial charge in [0, 0.05) is 34.3 Å². The van der Waals surface area contributed by atoms with Gasteiger partial charge in [-0.2, -0.15) is 0 Å². The van der Waals surface area contributed by atoms with Crippen LogP contribution in [0, 0.1) is 0 Å². The van der Waals surface area contributed by atoms with Gasteiger partial charge in [-0.1, -0.05) is 25.4 Å². The van der Waals surface area contributed by atoms with Crippen molar-refractivity contribution in [3.05, 3.63) is 44.9 Å². The number of rotatable bonds is 3. The van der Waals surface area contributed by atoms with E-state index in [1.807, 2.05) is 12.1 Å². The van der Waals surface area contributed by atoms with E-state index in [4.69, 9.17) is 11.6 Å². The van der Waals surface area contributed by atoms with Gasteiger partial charge >= 0.3 is 0 Å². The van der Waals surface area contributed by atoms with Gasteiger partial charge < -0.3 is 10.6 Å². The molecular formula is C15H16ClN3OS. The number of halogens is 1. The number of hydrogen-bond donors (Lipinski definition) is 2. The Morgan fingerprint density at radius 2 is 2.29 bits per heavy atom. The minimum absolute atomic E-state index is 0.00473. The summed E-state index contributed by atoms with van der Waals surface area (Å²) in [7, 11) is 0. The lowest BCUT2D eigenvalue weighted by molar-refractivity contribution is 0.0930. The first-order valence-electron chi connectivity index (χ1n) is 6.72. The summed E-state index contributed by atoms with van der Waals surface area (Å²) in [5, 5.41) is 6.29. The quantitative estimate of drug-likeness (QED) is 0.910. The van der Waals surface area contributed by atoms with Gasteiger partial charge in [0.25, 0.3) is 5.91 Å². The van der Waals surface area contributed by atoms with Crippen molar-refractivity contribution in [2.75, 3.05) is 11.9 Å². The summed E-state index contributed by atoms with van der Waals surface area (Å²) >= 11 is 7.29. The summed E-state index contributed by atoms with van der Waals surface area (Å²) in [6.07, 6.45) is 1.77. The Bertz CT molecular complexity index is 696. The molecule has 2 heterocycles. The number of nitrogens with one attached hydrogen (secondary N) is 2. The van der Waals surface area contributed by atoms with E-state index in [9.17, 15) is 4.79 Å². The molecule has 6 heteroatoms. The van der Waals surface area contributed by atoms with E-state index in [-0.39, 0.29) is 11.3 Å². The summed E-state index contributed by atoms with van der Waals surface area (Å²) in [5.74, 6) is 0.00473. The molecule has 0 atom stereocenters. The van der Waals surface area contributed by atoms with Gasteiger partial charge in [-0.3, -0.25) is 4.79 Å². The van der Waals surface area contributed by atoms with E-state index in [1.165, 1.54) is 11.3 Å². The van der Waals surface area contributed by atoms with Gasteiger partial charge in [0.05, 0.1) is 6.54 Å². The first kappa shape index (κ1) is 14.4. The lowest BCUT2D eigenvalue weighted by Gasteiger charge is -2.32. The van der Waals surface area contributed by atoms with Crippen molar-refractivity contribution >= 4 is 34.5 Å². The van der Waals surface area contributed by atoms with Crippen molar-refractivity contribution in [1.29, 1.82) is 0 Å². The minimum atomic E-state index is -0.0608. The zero-order valence-electron chi connectivity index (χ0n) is 11.9. The second-order valence-corrected chi connectivity index (χ2v) is 7.46. The largest absolute Gasteiger partial charge is 0.380 e. The third kappa shape index (κ3) is 2.89. The van der Waals surface area contributed by atoms with Crippen LogP contribution < -0.4 is 10.6 Å². The molecule has 1 aliphatic heterocycles. The monoisotopic (exact) mass is 321 g/mol. The molecule has 0 radical (unpaired) electrons. The average molecular weight is 322 g/mol. The van der Waals surface area contributed by atoms with Crippen LogP contribution in [0.2, 0.25) is 4.47 Å². The molecule has 1 aromatic carbocycles. The Balaban J connectivity index is 1.83. The van der Waals surface area contributed by atoms with Crippen molar-refractivity contribution in [2.24, 2.45) is 0 Å². The maximum Gasteiger partial charge on any atom is 0.251 e. The van der Waals surface area contributed by atoms with Crippen LogP contribution >= 0.6 is 22.9 Å². The second-order valence-electron chi connectivity index (χ2n) is 5.76. The Hall–Kier alpha value is -1.59. The van der Waals surface area contributed by atoms with E-state index in [0.29, 0.717) is 17.6 Å². The molecule has 0 saturated carbocycles. The van der Waals surface area contributed by atoms with Gasteiger partial charge in [0.2, 0.25) is 0 Å². The van der Waals surface area contributed by atoms with Gasteiger partial charge in [-0.15, -0.1) is 11.3 Å². The molecule has 0 aliphatic carbocycles. The summed E-state index contributed by atoms with van der Waals surface area (Å²) in [6.45, 7) is 5.61. The van der Waals surface area contributed by atoms with E-state index in [0.717, 1.165) is 21.7 Å². The number of benzene rings is 1. The molecule has 2 aromatic rings. The summed E-state index contributed by atoms with van der Waals surface area (Å²) in [4.78, 5) is 17.0. The number of anilines is 1. The minimum Gasteiger partial charge on any atom is -0.380 e. The molecule has 110 valence electrons. The number of hydrogen-bond acceptors (Lipinski definition) is 4. The molecule has 0 fully saturated rings. The molecule has 3 rings (SSSR count). The fourth-order valence-electron chi connectivity index (χ4n) is 2.46. The van der Waals surface area contributed by atoms with Gasteiger partial charge in [-0.05, 0) is 23.8 Å². The summed E-state index contributed by atoms with van der Waals surface area (Å²) in [6, 6.07) is 5.88. The first-order valence-corrected chi connectivity index (χ1v) is 7.92. The molecule has 4 nitrogen and oxygen atoms in total. The predicted molar refractivity (Wildman–Crippen MR) is 86.3 cm³/mol. The van der Waals surface area contributed by atoms with Crippen LogP contribution in [0.25, 0.3) is 0 Å². The van der Waals surface area contributed by atoms with Gasteiger partial charge in [0.15, 0.2) is 4.47 Å². The summed E-state index contributed by atoms with van der Waals surface area (Å²) < 4.78 is 0.551. The number of carbonyl (C=O) groups is 1. The van der Waals surface area contributed by atoms with Crippen molar-refractivity contribution in [1.82, 2.24) is 10.3 Å². The average Bonchev–Trinajstić information content (AvgIpc) is 2.87. The van der Waals surface area contributed by atoms with Crippen LogP contribution in [-0.2, 0) is 12.0 Å². The number of carbonyl (C=O) groups excluding carboxylic acids is 1. The molecule has 1 amide bonds. The van der Waals surface area contributed by atoms with Gasteiger partial charge in [-0.25, -0.2) is 4.98 Å². The van der Waals surface area contributed by atoms with Crippen LogP contribution in [0.15, 0.2) is 24.4 Å². The number of nitrogens with zero attached hydrogens (tertiary/aromatic N) is 1. The molecule has 1 aromatic heterocycles. The molecule has 21 heavy (non-hydrogen) atoms. The standard InChI is InChI=1S/C15H16ClN3OS/c1-15(2)8-19-13(20)11-4-3-9(5-12(11)15)17-6-10-7-18-14(16)21-10/h3-5,7,17H,6,8H2,1-2H3,(H,19,20). The smallest absolute Gasteiger partial charge is 0.251 e. The number of amides is 1. The molecule has 1 aliphatic rings. The normalized spacial score (nSPS) is 16.2. The lowest BCUT2D eigenvalue weighted by Crippen LogP contribution is -2.43. The van der Waals surface area contributed by atoms with Crippen LogP contribution in [-0.4, -0.2) is 17.4 Å². The molecule has 0 spiro atoms. The topological polar surface area (TPSA) is 54.0 Å². The Morgan fingerprint density at radius 3 is 3.00 bits per heavy atom. The van der Waals surface area contributed by atoms with Crippen molar-refractivity contribution in [2.45, 2.75) is 25.8 Å². The second kappa shape index (κ2) is 5.31. The highest BCUT2D eigenvalue weighted by atomic mass is 35.5. The van der Waals surface area contributed by atoms with Gasteiger partial charge in [0.1, 0.15) is 0 Å². The van der Waals surface area contributed by atoms with Crippen molar-refractivity contribution in [3.63, 3.8) is 0 Å². The van der Waals surface area contributed by atoms with Crippen LogP contribution in [0.1, 0.15) is 34.6 Å². The van der Waals surface area contributed by atoms with Crippen LogP contribution in [0.5, 0.6) is 0 Å². The maximum atomic E-state index is 11.9. The highest BCUT2D eigenvalue weighted by Gasteiger charge is 2.31. The van der Waals surface area contributed by atoms with E-state index in [1.54, 1.807) is 6.20 Å². The van der Waals surface area contributed by atoms with Crippen LogP contribution in [0.3, 0.4) is 0 Å². The molecule has 2 N–H and O–H groups in total. The highest BCUT2D eigenvalue weighted by Crippen LogP contribution is 2.32. The van der Waals surface area contributed by atoms with Crippen molar-refractivity contribution in [3.8, 4) is 0 Å². The molecule has 0 bridgehead atoms. The Kier molecular flexibility index (Phi) is 3.63. The highest BCUT2D eigenvalue weighted by molar-refractivity contribution is 7.15. The number of fused-ring (bicyclic) bond motifs is 1. The predicted octanol–water partition coefficient (Wildman–Crippen LogP) is 3.43. The fraction of sp³-hybridized carbons (Fsp3) is 0.333. The van der Waals surface area contributed by atoms with E-state index in [2.05, 4.69) is 35.5 Å². The molecule has 0 unspecified atom stereocenters. The van der Waals surface area contributed by atoms with Crippen LogP contribution in [0.4, 0.5) is 5.69 Å². The number of aromatic nitrogens is 1.